The van der Waals surface area contributed by atoms with Gasteiger partial charge in [0.25, 0.3) is 0 Å². The summed E-state index contributed by atoms with van der Waals surface area (Å²) in [5.74, 6) is -1.20. The average molecular weight is 420 g/mol. The van der Waals surface area contributed by atoms with E-state index in [-0.39, 0.29) is 0 Å². The van der Waals surface area contributed by atoms with Crippen LogP contribution in [0.1, 0.15) is 6.42 Å². The molecule has 2 amide bonds. The van der Waals surface area contributed by atoms with Gasteiger partial charge in [-0.3, -0.25) is 19.5 Å². The van der Waals surface area contributed by atoms with Gasteiger partial charge in [0.05, 0.1) is 18.7 Å². The largest absolute Gasteiger partial charge is 0.384 e. The molecule has 156 valence electrons. The van der Waals surface area contributed by atoms with Crippen LogP contribution in [-0.4, -0.2) is 74.2 Å². The van der Waals surface area contributed by atoms with Crippen LogP contribution in [0.2, 0.25) is 5.02 Å². The molecule has 29 heavy (non-hydrogen) atoms. The number of aromatic nitrogens is 1. The molecule has 1 saturated heterocycles. The van der Waals surface area contributed by atoms with Crippen LogP contribution in [0.25, 0.3) is 10.9 Å². The molecule has 9 heteroatoms. The Morgan fingerprint density at radius 1 is 1.07 bits per heavy atom. The lowest BCUT2D eigenvalue weighted by molar-refractivity contribution is -0.139. The van der Waals surface area contributed by atoms with Crippen LogP contribution >= 0.6 is 11.6 Å². The van der Waals surface area contributed by atoms with Crippen molar-refractivity contribution in [3.8, 4) is 0 Å². The fourth-order valence-electron chi connectivity index (χ4n) is 3.10. The van der Waals surface area contributed by atoms with Crippen molar-refractivity contribution in [2.75, 3.05) is 57.8 Å². The van der Waals surface area contributed by atoms with Gasteiger partial charge in [0.1, 0.15) is 0 Å². The van der Waals surface area contributed by atoms with Crippen LogP contribution in [-0.2, 0) is 14.3 Å². The van der Waals surface area contributed by atoms with Gasteiger partial charge in [-0.1, -0.05) is 11.6 Å². The molecule has 3 rings (SSSR count). The summed E-state index contributed by atoms with van der Waals surface area (Å²) >= 11 is 6.00. The number of anilines is 1. The monoisotopic (exact) mass is 419 g/mol. The van der Waals surface area contributed by atoms with Crippen LogP contribution in [0.3, 0.4) is 0 Å². The Balaban J connectivity index is 1.32. The number of fused-ring (bicyclic) bond motifs is 1. The van der Waals surface area contributed by atoms with E-state index in [4.69, 9.17) is 16.3 Å². The van der Waals surface area contributed by atoms with E-state index in [1.165, 1.54) is 0 Å². The van der Waals surface area contributed by atoms with E-state index in [9.17, 15) is 9.59 Å². The molecular formula is C20H26ClN5O3. The molecule has 0 unspecified atom stereocenters. The number of morpholine rings is 1. The lowest BCUT2D eigenvalue weighted by Crippen LogP contribution is -2.45. The number of halogens is 1. The second-order valence-electron chi connectivity index (χ2n) is 6.77. The molecule has 0 bridgehead atoms. The van der Waals surface area contributed by atoms with Crippen LogP contribution in [0.15, 0.2) is 30.5 Å². The zero-order valence-electron chi connectivity index (χ0n) is 16.2. The number of rotatable bonds is 8. The Bertz CT molecular complexity index is 842. The molecule has 1 aromatic heterocycles. The molecule has 0 saturated carbocycles. The molecule has 1 aliphatic heterocycles. The van der Waals surface area contributed by atoms with Crippen molar-refractivity contribution >= 4 is 40.0 Å². The Kier molecular flexibility index (Phi) is 8.03. The highest BCUT2D eigenvalue weighted by Crippen LogP contribution is 2.24. The Morgan fingerprint density at radius 2 is 1.83 bits per heavy atom. The minimum absolute atomic E-state index is 0.414. The van der Waals surface area contributed by atoms with Gasteiger partial charge in [-0.2, -0.15) is 0 Å². The number of carbonyl (C=O) groups is 2. The fourth-order valence-corrected chi connectivity index (χ4v) is 3.27. The normalized spacial score (nSPS) is 14.5. The fraction of sp³-hybridized carbons (Fsp3) is 0.450. The maximum atomic E-state index is 11.9. The average Bonchev–Trinajstić information content (AvgIpc) is 2.73. The molecule has 1 fully saturated rings. The number of nitrogens with zero attached hydrogens (tertiary/aromatic N) is 2. The summed E-state index contributed by atoms with van der Waals surface area (Å²) in [6.45, 7) is 5.38. The minimum atomic E-state index is -0.601. The zero-order chi connectivity index (χ0) is 20.5. The van der Waals surface area contributed by atoms with Gasteiger partial charge < -0.3 is 20.7 Å². The molecule has 2 aromatic rings. The van der Waals surface area contributed by atoms with E-state index >= 15 is 0 Å². The van der Waals surface area contributed by atoms with Gasteiger partial charge in [-0.25, -0.2) is 0 Å². The summed E-state index contributed by atoms with van der Waals surface area (Å²) in [4.78, 5) is 30.2. The first-order valence-corrected chi connectivity index (χ1v) is 10.2. The van der Waals surface area contributed by atoms with Crippen LogP contribution < -0.4 is 16.0 Å². The van der Waals surface area contributed by atoms with Crippen molar-refractivity contribution in [2.45, 2.75) is 6.42 Å². The third-order valence-corrected chi connectivity index (χ3v) is 4.92. The first-order valence-electron chi connectivity index (χ1n) is 9.78. The number of carbonyl (C=O) groups excluding carboxylic acids is 2. The molecule has 8 nitrogen and oxygen atoms in total. The smallest absolute Gasteiger partial charge is 0.309 e. The maximum Gasteiger partial charge on any atom is 0.309 e. The van der Waals surface area contributed by atoms with Gasteiger partial charge >= 0.3 is 11.8 Å². The third kappa shape index (κ3) is 6.56. The van der Waals surface area contributed by atoms with Gasteiger partial charge in [-0.05, 0) is 30.7 Å². The summed E-state index contributed by atoms with van der Waals surface area (Å²) in [7, 11) is 0. The van der Waals surface area contributed by atoms with E-state index in [0.29, 0.717) is 44.3 Å². The highest BCUT2D eigenvalue weighted by atomic mass is 35.5. The van der Waals surface area contributed by atoms with Crippen molar-refractivity contribution in [1.82, 2.24) is 20.5 Å². The van der Waals surface area contributed by atoms with Gasteiger partial charge in [-0.15, -0.1) is 0 Å². The Morgan fingerprint density at radius 3 is 2.62 bits per heavy atom. The molecule has 1 aliphatic rings. The lowest BCUT2D eigenvalue weighted by Gasteiger charge is -2.26. The van der Waals surface area contributed by atoms with Crippen LogP contribution in [0.4, 0.5) is 5.69 Å². The summed E-state index contributed by atoms with van der Waals surface area (Å²) in [6.07, 6.45) is 2.41. The third-order valence-electron chi connectivity index (χ3n) is 4.68. The number of pyridine rings is 1. The van der Waals surface area contributed by atoms with E-state index in [0.717, 1.165) is 36.2 Å². The predicted octanol–water partition coefficient (Wildman–Crippen LogP) is 1.25. The Labute approximate surface area is 174 Å². The second-order valence-corrected chi connectivity index (χ2v) is 7.20. The van der Waals surface area contributed by atoms with Crippen molar-refractivity contribution in [3.05, 3.63) is 35.5 Å². The summed E-state index contributed by atoms with van der Waals surface area (Å²) < 4.78 is 5.28. The SMILES string of the molecule is O=C(NCCCNc1ccnc2cc(Cl)ccc12)C(=O)NCCN1CCOCC1. The van der Waals surface area contributed by atoms with E-state index in [1.807, 2.05) is 24.3 Å². The lowest BCUT2D eigenvalue weighted by atomic mass is 10.2. The number of benzene rings is 1. The molecule has 1 aromatic carbocycles. The molecule has 0 atom stereocenters. The van der Waals surface area contributed by atoms with Gasteiger partial charge in [0, 0.05) is 61.6 Å². The number of ether oxygens (including phenoxy) is 1. The zero-order valence-corrected chi connectivity index (χ0v) is 17.0. The summed E-state index contributed by atoms with van der Waals surface area (Å²) in [5, 5.41) is 10.3. The number of hydrogen-bond acceptors (Lipinski definition) is 6. The molecular weight excluding hydrogens is 394 g/mol. The van der Waals surface area contributed by atoms with Crippen molar-refractivity contribution in [1.29, 1.82) is 0 Å². The summed E-state index contributed by atoms with van der Waals surface area (Å²) in [5.41, 5.74) is 1.78. The van der Waals surface area contributed by atoms with E-state index < -0.39 is 11.8 Å². The highest BCUT2D eigenvalue weighted by molar-refractivity contribution is 6.35. The predicted molar refractivity (Wildman–Crippen MR) is 113 cm³/mol. The topological polar surface area (TPSA) is 95.6 Å². The van der Waals surface area contributed by atoms with Crippen LogP contribution in [0, 0.1) is 0 Å². The molecule has 3 N–H and O–H groups in total. The molecule has 0 aliphatic carbocycles. The number of hydrogen-bond donors (Lipinski definition) is 3. The van der Waals surface area contributed by atoms with Crippen molar-refractivity contribution in [3.63, 3.8) is 0 Å². The first-order chi connectivity index (χ1) is 14.1. The molecule has 2 heterocycles. The van der Waals surface area contributed by atoms with Gasteiger partial charge in [0.2, 0.25) is 0 Å². The van der Waals surface area contributed by atoms with Crippen molar-refractivity contribution in [2.24, 2.45) is 0 Å². The number of nitrogens with one attached hydrogen (secondary N) is 3. The first kappa shape index (κ1) is 21.3. The van der Waals surface area contributed by atoms with Crippen LogP contribution in [0.5, 0.6) is 0 Å². The van der Waals surface area contributed by atoms with E-state index in [1.54, 1.807) is 6.20 Å². The second kappa shape index (κ2) is 10.9. The van der Waals surface area contributed by atoms with Crippen molar-refractivity contribution < 1.29 is 14.3 Å². The molecule has 0 radical (unpaired) electrons. The van der Waals surface area contributed by atoms with Gasteiger partial charge in [0.15, 0.2) is 0 Å². The minimum Gasteiger partial charge on any atom is -0.384 e. The standard InChI is InChI=1S/C20H26ClN5O3/c21-15-2-3-16-17(4-7-23-18(16)14-15)22-5-1-6-24-19(27)20(28)25-8-9-26-10-12-29-13-11-26/h2-4,7,14H,1,5-6,8-13H2,(H,22,23)(H,24,27)(H,25,28). The maximum absolute atomic E-state index is 11.9. The molecule has 0 spiro atoms. The number of amides is 2. The van der Waals surface area contributed by atoms with E-state index in [2.05, 4.69) is 25.8 Å². The Hall–Kier alpha value is -2.42. The highest BCUT2D eigenvalue weighted by Gasteiger charge is 2.14. The quantitative estimate of drug-likeness (QED) is 0.440. The summed E-state index contributed by atoms with van der Waals surface area (Å²) in [6, 6.07) is 7.47.